The van der Waals surface area contributed by atoms with Crippen LogP contribution in [0.25, 0.3) is 0 Å². The Morgan fingerprint density at radius 2 is 1.56 bits per heavy atom. The molecule has 0 aliphatic rings. The largest absolute Gasteiger partial charge is 0.480 e. The second-order valence-corrected chi connectivity index (χ2v) is 8.80. The van der Waals surface area contributed by atoms with Crippen molar-refractivity contribution in [1.29, 1.82) is 0 Å². The van der Waals surface area contributed by atoms with Crippen LogP contribution in [0.2, 0.25) is 0 Å². The third-order valence-corrected chi connectivity index (χ3v) is 5.51. The number of thioether (sulfide) groups is 1. The first kappa shape index (κ1) is 31.4. The van der Waals surface area contributed by atoms with Crippen LogP contribution in [0.1, 0.15) is 45.4 Å². The molecule has 0 aliphatic heterocycles. The molecule has 14 heteroatoms. The summed E-state index contributed by atoms with van der Waals surface area (Å²) < 4.78 is 0. The summed E-state index contributed by atoms with van der Waals surface area (Å²) in [5.41, 5.74) is 21.8. The Hall–Kier alpha value is -2.58. The number of aliphatic imine (C=N–C) groups is 1. The molecule has 3 amide bonds. The van der Waals surface area contributed by atoms with Crippen molar-refractivity contribution < 1.29 is 24.3 Å². The van der Waals surface area contributed by atoms with Crippen LogP contribution >= 0.6 is 11.8 Å². The number of rotatable bonds is 18. The van der Waals surface area contributed by atoms with E-state index in [1.807, 2.05) is 6.26 Å². The van der Waals surface area contributed by atoms with Gasteiger partial charge in [0.05, 0.1) is 6.04 Å². The van der Waals surface area contributed by atoms with E-state index in [2.05, 4.69) is 20.9 Å². The Bertz CT molecular complexity index is 690. The lowest BCUT2D eigenvalue weighted by molar-refractivity contribution is -0.142. The summed E-state index contributed by atoms with van der Waals surface area (Å²) in [6.45, 7) is 2.21. The molecule has 0 rings (SSSR count). The molecule has 0 radical (unpaired) electrons. The summed E-state index contributed by atoms with van der Waals surface area (Å²) in [6.07, 6.45) is 4.44. The summed E-state index contributed by atoms with van der Waals surface area (Å²) in [6, 6.07) is -3.85. The number of nitrogens with two attached hydrogens (primary N) is 4. The van der Waals surface area contributed by atoms with Gasteiger partial charge in [-0.1, -0.05) is 6.42 Å². The van der Waals surface area contributed by atoms with Gasteiger partial charge in [-0.15, -0.1) is 0 Å². The number of carbonyl (C=O) groups is 4. The monoisotopic (exact) mass is 504 g/mol. The highest BCUT2D eigenvalue weighted by Gasteiger charge is 2.28. The smallest absolute Gasteiger partial charge is 0.326 e. The number of hydrogen-bond donors (Lipinski definition) is 8. The molecule has 0 fully saturated rings. The van der Waals surface area contributed by atoms with Crippen molar-refractivity contribution >= 4 is 41.4 Å². The average molecular weight is 505 g/mol. The van der Waals surface area contributed by atoms with Crippen LogP contribution < -0.4 is 38.9 Å². The number of nitrogens with zero attached hydrogens (tertiary/aromatic N) is 1. The third-order valence-electron chi connectivity index (χ3n) is 4.86. The molecule has 0 saturated carbocycles. The predicted octanol–water partition coefficient (Wildman–Crippen LogP) is -2.19. The van der Waals surface area contributed by atoms with Crippen molar-refractivity contribution in [3.8, 4) is 0 Å². The lowest BCUT2D eigenvalue weighted by Gasteiger charge is -2.23. The van der Waals surface area contributed by atoms with Crippen LogP contribution in [0.5, 0.6) is 0 Å². The molecule has 34 heavy (non-hydrogen) atoms. The fourth-order valence-electron chi connectivity index (χ4n) is 2.86. The van der Waals surface area contributed by atoms with Gasteiger partial charge < -0.3 is 44.0 Å². The minimum absolute atomic E-state index is 0.103. The van der Waals surface area contributed by atoms with E-state index in [0.717, 1.165) is 6.42 Å². The standard InChI is InChI=1S/C20H40N8O5S/c1-12(26-17(30)13(22)6-3-4-9-21)16(29)27-14(8-11-34-2)18(31)28-15(19(32)33)7-5-10-25-20(23)24/h12-15H,3-11,21-22H2,1-2H3,(H,26,30)(H,27,29)(H,28,31)(H,32,33)(H4,23,24,25). The zero-order valence-electron chi connectivity index (χ0n) is 19.9. The Morgan fingerprint density at radius 3 is 2.12 bits per heavy atom. The maximum atomic E-state index is 12.8. The van der Waals surface area contributed by atoms with Gasteiger partial charge in [0, 0.05) is 6.54 Å². The van der Waals surface area contributed by atoms with Gasteiger partial charge >= 0.3 is 5.97 Å². The molecule has 0 saturated heterocycles. The molecular formula is C20H40N8O5S. The average Bonchev–Trinajstić information content (AvgIpc) is 2.77. The summed E-state index contributed by atoms with van der Waals surface area (Å²) in [5, 5.41) is 17.0. The van der Waals surface area contributed by atoms with Gasteiger partial charge in [-0.25, -0.2) is 4.79 Å². The predicted molar refractivity (Wildman–Crippen MR) is 133 cm³/mol. The second kappa shape index (κ2) is 17.8. The van der Waals surface area contributed by atoms with Crippen LogP contribution in [0.3, 0.4) is 0 Å². The molecule has 4 unspecified atom stereocenters. The van der Waals surface area contributed by atoms with Crippen molar-refractivity contribution in [2.75, 3.05) is 25.1 Å². The molecule has 0 aromatic rings. The van der Waals surface area contributed by atoms with Crippen molar-refractivity contribution in [3.63, 3.8) is 0 Å². The lowest BCUT2D eigenvalue weighted by Crippen LogP contribution is -2.56. The van der Waals surface area contributed by atoms with Gasteiger partial charge in [0.15, 0.2) is 5.96 Å². The van der Waals surface area contributed by atoms with Crippen LogP contribution in [0.15, 0.2) is 4.99 Å². The highest BCUT2D eigenvalue weighted by Crippen LogP contribution is 2.05. The maximum Gasteiger partial charge on any atom is 0.326 e. The molecule has 0 aromatic carbocycles. The van der Waals surface area contributed by atoms with Crippen LogP contribution in [-0.2, 0) is 19.2 Å². The second-order valence-electron chi connectivity index (χ2n) is 7.81. The Kier molecular flexibility index (Phi) is 16.5. The van der Waals surface area contributed by atoms with Gasteiger partial charge in [-0.2, -0.15) is 11.8 Å². The zero-order chi connectivity index (χ0) is 26.1. The van der Waals surface area contributed by atoms with E-state index < -0.39 is 47.9 Å². The molecular weight excluding hydrogens is 464 g/mol. The Morgan fingerprint density at radius 1 is 0.912 bits per heavy atom. The molecule has 196 valence electrons. The number of carboxylic acid groups (broad SMARTS) is 1. The molecule has 0 aliphatic carbocycles. The molecule has 12 N–H and O–H groups in total. The Labute approximate surface area is 204 Å². The quantitative estimate of drug-likeness (QED) is 0.0569. The third kappa shape index (κ3) is 13.9. The van der Waals surface area contributed by atoms with E-state index in [-0.39, 0.29) is 25.3 Å². The number of carbonyl (C=O) groups excluding carboxylic acids is 3. The summed E-state index contributed by atoms with van der Waals surface area (Å²) in [5.74, 6) is -2.45. The maximum absolute atomic E-state index is 12.8. The van der Waals surface area contributed by atoms with E-state index in [1.165, 1.54) is 18.7 Å². The molecule has 13 nitrogen and oxygen atoms in total. The zero-order valence-corrected chi connectivity index (χ0v) is 20.7. The molecule has 0 heterocycles. The highest BCUT2D eigenvalue weighted by molar-refractivity contribution is 7.98. The molecule has 0 spiro atoms. The SMILES string of the molecule is CSCCC(NC(=O)C(C)NC(=O)C(N)CCCCN)C(=O)NC(CCCN=C(N)N)C(=O)O. The first-order chi connectivity index (χ1) is 16.0. The fourth-order valence-corrected chi connectivity index (χ4v) is 3.33. The minimum Gasteiger partial charge on any atom is -0.480 e. The van der Waals surface area contributed by atoms with E-state index in [0.29, 0.717) is 31.6 Å². The topological polar surface area (TPSA) is 241 Å². The van der Waals surface area contributed by atoms with Crippen molar-refractivity contribution in [3.05, 3.63) is 0 Å². The number of hydrogen-bond acceptors (Lipinski definition) is 8. The summed E-state index contributed by atoms with van der Waals surface area (Å²) >= 11 is 1.47. The first-order valence-electron chi connectivity index (χ1n) is 11.2. The molecule has 0 bridgehead atoms. The van der Waals surface area contributed by atoms with E-state index in [9.17, 15) is 24.3 Å². The normalized spacial score (nSPS) is 14.2. The van der Waals surface area contributed by atoms with Gasteiger partial charge in [0.1, 0.15) is 18.1 Å². The van der Waals surface area contributed by atoms with Crippen LogP contribution in [-0.4, -0.2) is 84.0 Å². The molecule has 0 aromatic heterocycles. The number of aliphatic carboxylic acids is 1. The van der Waals surface area contributed by atoms with Crippen LogP contribution in [0.4, 0.5) is 0 Å². The van der Waals surface area contributed by atoms with E-state index in [4.69, 9.17) is 22.9 Å². The van der Waals surface area contributed by atoms with Crippen molar-refractivity contribution in [2.45, 2.75) is 69.6 Å². The minimum atomic E-state index is -1.21. The fraction of sp³-hybridized carbons (Fsp3) is 0.750. The van der Waals surface area contributed by atoms with Gasteiger partial charge in [-0.05, 0) is 57.6 Å². The summed E-state index contributed by atoms with van der Waals surface area (Å²) in [4.78, 5) is 52.9. The number of amides is 3. The Balaban J connectivity index is 4.98. The number of carboxylic acids is 1. The lowest BCUT2D eigenvalue weighted by atomic mass is 10.1. The highest BCUT2D eigenvalue weighted by atomic mass is 32.2. The van der Waals surface area contributed by atoms with Gasteiger partial charge in [0.2, 0.25) is 17.7 Å². The van der Waals surface area contributed by atoms with Crippen LogP contribution in [0, 0.1) is 0 Å². The van der Waals surface area contributed by atoms with Gasteiger partial charge in [-0.3, -0.25) is 19.4 Å². The number of unbranched alkanes of at least 4 members (excludes halogenated alkanes) is 1. The van der Waals surface area contributed by atoms with E-state index >= 15 is 0 Å². The van der Waals surface area contributed by atoms with Crippen molar-refractivity contribution in [1.82, 2.24) is 16.0 Å². The van der Waals surface area contributed by atoms with E-state index in [1.54, 1.807) is 0 Å². The van der Waals surface area contributed by atoms with Crippen molar-refractivity contribution in [2.24, 2.45) is 27.9 Å². The first-order valence-corrected chi connectivity index (χ1v) is 12.6. The number of guanidine groups is 1. The molecule has 4 atom stereocenters. The number of nitrogens with one attached hydrogen (secondary N) is 3. The van der Waals surface area contributed by atoms with Gasteiger partial charge in [0.25, 0.3) is 0 Å². The summed E-state index contributed by atoms with van der Waals surface area (Å²) in [7, 11) is 0.